The first kappa shape index (κ1) is 26.7. The second-order valence-corrected chi connectivity index (χ2v) is 7.57. The van der Waals surface area contributed by atoms with E-state index in [0.29, 0.717) is 23.4 Å². The third-order valence-electron chi connectivity index (χ3n) is 3.67. The highest BCUT2D eigenvalue weighted by atomic mass is 127. The monoisotopic (exact) mass is 575 g/mol. The molecule has 0 saturated carbocycles. The Hall–Kier alpha value is -1.37. The van der Waals surface area contributed by atoms with Gasteiger partial charge in [-0.25, -0.2) is 4.99 Å². The molecule has 30 heavy (non-hydrogen) atoms. The fourth-order valence-corrected chi connectivity index (χ4v) is 3.47. The molecule has 1 unspecified atom stereocenters. The third-order valence-corrected chi connectivity index (χ3v) is 5.01. The van der Waals surface area contributed by atoms with Gasteiger partial charge >= 0.3 is 6.61 Å². The number of halogens is 4. The summed E-state index contributed by atoms with van der Waals surface area (Å²) in [6.07, 6.45) is -0.716. The van der Waals surface area contributed by atoms with Gasteiger partial charge in [0.15, 0.2) is 17.5 Å². The number of aliphatic imine (C=N–C) groups is 1. The van der Waals surface area contributed by atoms with Crippen LogP contribution in [0.25, 0.3) is 0 Å². The highest BCUT2D eigenvalue weighted by molar-refractivity contribution is 14.0. The fraction of sp³-hybridized carbons (Fsp3) is 0.421. The van der Waals surface area contributed by atoms with E-state index in [9.17, 15) is 13.9 Å². The first-order chi connectivity index (χ1) is 13.9. The second kappa shape index (κ2) is 13.8. The molecule has 2 rings (SSSR count). The van der Waals surface area contributed by atoms with Crippen molar-refractivity contribution in [2.45, 2.75) is 33.1 Å². The van der Waals surface area contributed by atoms with Gasteiger partial charge in [0.25, 0.3) is 0 Å². The number of hydrogen-bond donors (Lipinski definition) is 3. The van der Waals surface area contributed by atoms with E-state index in [1.54, 1.807) is 31.2 Å². The molecule has 0 aliphatic carbocycles. The molecule has 1 atom stereocenters. The number of rotatable bonds is 10. The van der Waals surface area contributed by atoms with Crippen molar-refractivity contribution in [1.82, 2.24) is 10.6 Å². The van der Waals surface area contributed by atoms with Gasteiger partial charge < -0.3 is 25.2 Å². The summed E-state index contributed by atoms with van der Waals surface area (Å²) in [5, 5.41) is 16.4. The minimum Gasteiger partial charge on any atom is -0.490 e. The number of aliphatic hydroxyl groups is 1. The van der Waals surface area contributed by atoms with Gasteiger partial charge in [0.1, 0.15) is 6.10 Å². The lowest BCUT2D eigenvalue weighted by Crippen LogP contribution is -2.39. The molecule has 0 fully saturated rings. The molecule has 0 amide bonds. The lowest BCUT2D eigenvalue weighted by atomic mass is 10.2. The molecular formula is C19H25ClF2IN3O3S. The van der Waals surface area contributed by atoms with E-state index in [2.05, 4.69) is 20.4 Å². The molecule has 0 aliphatic rings. The molecule has 0 aliphatic heterocycles. The molecule has 0 radical (unpaired) electrons. The van der Waals surface area contributed by atoms with E-state index in [4.69, 9.17) is 16.3 Å². The van der Waals surface area contributed by atoms with Crippen molar-refractivity contribution in [1.29, 1.82) is 0 Å². The van der Waals surface area contributed by atoms with Crippen molar-refractivity contribution in [2.75, 3.05) is 19.7 Å². The minimum absolute atomic E-state index is 0. The van der Waals surface area contributed by atoms with Crippen LogP contribution in [0.2, 0.25) is 4.34 Å². The number of aliphatic hydroxyl groups excluding tert-OH is 1. The Kier molecular flexibility index (Phi) is 12.3. The van der Waals surface area contributed by atoms with Gasteiger partial charge in [-0.3, -0.25) is 0 Å². The Morgan fingerprint density at radius 1 is 1.20 bits per heavy atom. The Morgan fingerprint density at radius 2 is 1.97 bits per heavy atom. The summed E-state index contributed by atoms with van der Waals surface area (Å²) in [5.74, 6) is 0.737. The number of benzene rings is 1. The normalized spacial score (nSPS) is 12.3. The summed E-state index contributed by atoms with van der Waals surface area (Å²) in [5.41, 5.74) is 0.762. The molecule has 0 spiro atoms. The van der Waals surface area contributed by atoms with Crippen LogP contribution in [0.15, 0.2) is 35.3 Å². The Bertz CT molecular complexity index is 811. The molecule has 11 heteroatoms. The van der Waals surface area contributed by atoms with Crippen LogP contribution >= 0.6 is 46.9 Å². The topological polar surface area (TPSA) is 75.1 Å². The molecule has 168 valence electrons. The Labute approximate surface area is 200 Å². The van der Waals surface area contributed by atoms with Crippen LogP contribution in [-0.2, 0) is 6.54 Å². The molecular weight excluding hydrogens is 551 g/mol. The van der Waals surface area contributed by atoms with E-state index < -0.39 is 12.7 Å². The highest BCUT2D eigenvalue weighted by Gasteiger charge is 2.13. The Morgan fingerprint density at radius 3 is 2.57 bits per heavy atom. The van der Waals surface area contributed by atoms with Crippen LogP contribution in [0.5, 0.6) is 11.5 Å². The third kappa shape index (κ3) is 8.78. The van der Waals surface area contributed by atoms with E-state index in [0.717, 1.165) is 10.4 Å². The van der Waals surface area contributed by atoms with Gasteiger partial charge in [0.05, 0.1) is 17.5 Å². The molecule has 3 N–H and O–H groups in total. The zero-order chi connectivity index (χ0) is 21.2. The van der Waals surface area contributed by atoms with Gasteiger partial charge in [-0.15, -0.1) is 35.3 Å². The van der Waals surface area contributed by atoms with Crippen molar-refractivity contribution in [3.05, 3.63) is 45.1 Å². The number of alkyl halides is 2. The number of nitrogens with one attached hydrogen (secondary N) is 2. The van der Waals surface area contributed by atoms with E-state index >= 15 is 0 Å². The van der Waals surface area contributed by atoms with E-state index in [1.165, 1.54) is 17.4 Å². The maximum atomic E-state index is 12.5. The standard InChI is InChI=1S/C19H24ClF2N3O3S.HI/c1-3-23-19(25-11-13(26)16-7-8-17(20)29-16)24-10-12-5-6-14(28-18(21)22)15(9-12)27-4-2;/h5-9,13,18,26H,3-4,10-11H2,1-2H3,(H2,23,24,25);1H. The van der Waals surface area contributed by atoms with Crippen molar-refractivity contribution in [3.8, 4) is 11.5 Å². The summed E-state index contributed by atoms with van der Waals surface area (Å²) in [4.78, 5) is 5.22. The summed E-state index contributed by atoms with van der Waals surface area (Å²) in [6, 6.07) is 8.22. The summed E-state index contributed by atoms with van der Waals surface area (Å²) < 4.78 is 35.5. The minimum atomic E-state index is -2.92. The lowest BCUT2D eigenvalue weighted by molar-refractivity contribution is -0.0514. The van der Waals surface area contributed by atoms with Crippen LogP contribution < -0.4 is 20.1 Å². The average molecular weight is 576 g/mol. The lowest BCUT2D eigenvalue weighted by Gasteiger charge is -2.15. The number of thiophene rings is 1. The zero-order valence-electron chi connectivity index (χ0n) is 16.5. The van der Waals surface area contributed by atoms with Crippen LogP contribution in [0, 0.1) is 0 Å². The smallest absolute Gasteiger partial charge is 0.387 e. The summed E-state index contributed by atoms with van der Waals surface area (Å²) in [7, 11) is 0. The SMILES string of the molecule is CCNC(=NCc1ccc(OC(F)F)c(OCC)c1)NCC(O)c1ccc(Cl)s1.I. The number of guanidine groups is 1. The van der Waals surface area contributed by atoms with Crippen molar-refractivity contribution >= 4 is 52.9 Å². The first-order valence-corrected chi connectivity index (χ1v) is 10.3. The molecule has 1 heterocycles. The largest absolute Gasteiger partial charge is 0.490 e. The van der Waals surface area contributed by atoms with Crippen LogP contribution in [0.4, 0.5) is 8.78 Å². The molecule has 2 aromatic rings. The van der Waals surface area contributed by atoms with E-state index in [-0.39, 0.29) is 48.6 Å². The number of ether oxygens (including phenoxy) is 2. The van der Waals surface area contributed by atoms with Crippen LogP contribution in [0.3, 0.4) is 0 Å². The zero-order valence-corrected chi connectivity index (χ0v) is 20.4. The quantitative estimate of drug-likeness (QED) is 0.216. The molecule has 1 aromatic carbocycles. The predicted molar refractivity (Wildman–Crippen MR) is 127 cm³/mol. The molecule has 0 bridgehead atoms. The number of nitrogens with zero attached hydrogens (tertiary/aromatic N) is 1. The maximum Gasteiger partial charge on any atom is 0.387 e. The van der Waals surface area contributed by atoms with Crippen molar-refractivity contribution in [2.24, 2.45) is 4.99 Å². The van der Waals surface area contributed by atoms with Crippen LogP contribution in [-0.4, -0.2) is 37.4 Å². The van der Waals surface area contributed by atoms with Gasteiger partial charge in [0, 0.05) is 18.0 Å². The molecule has 6 nitrogen and oxygen atoms in total. The fourth-order valence-electron chi connectivity index (χ4n) is 2.43. The summed E-state index contributed by atoms with van der Waals surface area (Å²) >= 11 is 7.22. The average Bonchev–Trinajstić information content (AvgIpc) is 3.12. The Balaban J connectivity index is 0.00000450. The van der Waals surface area contributed by atoms with Gasteiger partial charge in [0.2, 0.25) is 0 Å². The van der Waals surface area contributed by atoms with Gasteiger partial charge in [-0.1, -0.05) is 17.7 Å². The summed E-state index contributed by atoms with van der Waals surface area (Å²) in [6.45, 7) is 2.26. The van der Waals surface area contributed by atoms with Gasteiger partial charge in [-0.2, -0.15) is 8.78 Å². The van der Waals surface area contributed by atoms with E-state index in [1.807, 2.05) is 6.92 Å². The first-order valence-electron chi connectivity index (χ1n) is 9.08. The number of hydrogen-bond acceptors (Lipinski definition) is 5. The molecule has 0 saturated heterocycles. The van der Waals surface area contributed by atoms with Crippen LogP contribution in [0.1, 0.15) is 30.4 Å². The molecule has 1 aromatic heterocycles. The maximum absolute atomic E-state index is 12.5. The predicted octanol–water partition coefficient (Wildman–Crippen LogP) is 4.81. The van der Waals surface area contributed by atoms with Crippen molar-refractivity contribution < 1.29 is 23.4 Å². The second-order valence-electron chi connectivity index (χ2n) is 5.83. The highest BCUT2D eigenvalue weighted by Crippen LogP contribution is 2.30. The van der Waals surface area contributed by atoms with Crippen molar-refractivity contribution in [3.63, 3.8) is 0 Å². The van der Waals surface area contributed by atoms with Gasteiger partial charge in [-0.05, 0) is 43.7 Å².